The second-order valence-corrected chi connectivity index (χ2v) is 6.48. The third kappa shape index (κ3) is 4.53. The predicted octanol–water partition coefficient (Wildman–Crippen LogP) is 3.44. The summed E-state index contributed by atoms with van der Waals surface area (Å²) >= 11 is 0. The van der Waals surface area contributed by atoms with Gasteiger partial charge < -0.3 is 14.8 Å². The van der Waals surface area contributed by atoms with Gasteiger partial charge >= 0.3 is 0 Å². The second kappa shape index (κ2) is 7.92. The Hall–Kier alpha value is -0.900. The number of ether oxygens (including phenoxy) is 2. The molecule has 1 N–H and O–H groups in total. The van der Waals surface area contributed by atoms with Gasteiger partial charge in [-0.1, -0.05) is 38.1 Å². The molecule has 21 heavy (non-hydrogen) atoms. The SMILES string of the molecule is COCCOCCCNC1CCC(C)(C)c2ccccc21. The highest BCUT2D eigenvalue weighted by atomic mass is 16.5. The number of hydrogen-bond acceptors (Lipinski definition) is 3. The minimum absolute atomic E-state index is 0.304. The molecule has 0 amide bonds. The number of hydrogen-bond donors (Lipinski definition) is 1. The maximum atomic E-state index is 5.50. The van der Waals surface area contributed by atoms with Gasteiger partial charge in [0.2, 0.25) is 0 Å². The molecule has 0 fully saturated rings. The highest BCUT2D eigenvalue weighted by Gasteiger charge is 2.31. The largest absolute Gasteiger partial charge is 0.382 e. The van der Waals surface area contributed by atoms with Crippen LogP contribution in [0, 0.1) is 0 Å². The molecule has 0 saturated heterocycles. The molecule has 0 spiro atoms. The number of rotatable bonds is 8. The van der Waals surface area contributed by atoms with Crippen LogP contribution in [0.2, 0.25) is 0 Å². The monoisotopic (exact) mass is 291 g/mol. The maximum absolute atomic E-state index is 5.50. The Kier molecular flexibility index (Phi) is 6.22. The first-order valence-corrected chi connectivity index (χ1v) is 8.04. The first kappa shape index (κ1) is 16.5. The van der Waals surface area contributed by atoms with Crippen LogP contribution >= 0.6 is 0 Å². The van der Waals surface area contributed by atoms with Crippen molar-refractivity contribution < 1.29 is 9.47 Å². The highest BCUT2D eigenvalue weighted by molar-refractivity contribution is 5.38. The summed E-state index contributed by atoms with van der Waals surface area (Å²) in [5, 5.41) is 3.70. The van der Waals surface area contributed by atoms with E-state index < -0.39 is 0 Å². The third-order valence-electron chi connectivity index (χ3n) is 4.41. The van der Waals surface area contributed by atoms with E-state index in [0.29, 0.717) is 24.7 Å². The zero-order valence-corrected chi connectivity index (χ0v) is 13.7. The van der Waals surface area contributed by atoms with Crippen LogP contribution < -0.4 is 5.32 Å². The molecule has 1 unspecified atom stereocenters. The first-order chi connectivity index (χ1) is 10.1. The number of nitrogens with one attached hydrogen (secondary N) is 1. The van der Waals surface area contributed by atoms with Crippen LogP contribution in [-0.2, 0) is 14.9 Å². The molecule has 0 aliphatic heterocycles. The standard InChI is InChI=1S/C18H29NO2/c1-18(2)10-9-17(15-7-4-5-8-16(15)18)19-11-6-12-21-14-13-20-3/h4-5,7-8,17,19H,6,9-14H2,1-3H3. The van der Waals surface area contributed by atoms with E-state index >= 15 is 0 Å². The van der Waals surface area contributed by atoms with E-state index in [1.54, 1.807) is 7.11 Å². The molecule has 1 atom stereocenters. The van der Waals surface area contributed by atoms with Crippen LogP contribution in [0.5, 0.6) is 0 Å². The lowest BCUT2D eigenvalue weighted by Crippen LogP contribution is -2.33. The van der Waals surface area contributed by atoms with Crippen molar-refractivity contribution in [2.24, 2.45) is 0 Å². The fraction of sp³-hybridized carbons (Fsp3) is 0.667. The zero-order chi connectivity index (χ0) is 15.1. The Morgan fingerprint density at radius 3 is 2.81 bits per heavy atom. The van der Waals surface area contributed by atoms with Crippen molar-refractivity contribution in [2.45, 2.75) is 44.6 Å². The molecular formula is C18H29NO2. The van der Waals surface area contributed by atoms with Gasteiger partial charge in [0.1, 0.15) is 0 Å². The molecule has 0 saturated carbocycles. The Morgan fingerprint density at radius 1 is 1.19 bits per heavy atom. The molecule has 1 aromatic rings. The van der Waals surface area contributed by atoms with Crippen LogP contribution in [0.1, 0.15) is 50.3 Å². The van der Waals surface area contributed by atoms with Gasteiger partial charge in [-0.25, -0.2) is 0 Å². The van der Waals surface area contributed by atoms with Crippen molar-refractivity contribution in [3.63, 3.8) is 0 Å². The lowest BCUT2D eigenvalue weighted by Gasteiger charge is -2.37. The second-order valence-electron chi connectivity index (χ2n) is 6.48. The normalized spacial score (nSPS) is 20.2. The number of methoxy groups -OCH3 is 1. The minimum atomic E-state index is 0.304. The van der Waals surface area contributed by atoms with Crippen molar-refractivity contribution >= 4 is 0 Å². The summed E-state index contributed by atoms with van der Waals surface area (Å²) in [5.74, 6) is 0. The van der Waals surface area contributed by atoms with Gasteiger partial charge in [0.05, 0.1) is 13.2 Å². The molecule has 0 heterocycles. The highest BCUT2D eigenvalue weighted by Crippen LogP contribution is 2.41. The van der Waals surface area contributed by atoms with Gasteiger partial charge in [0, 0.05) is 19.8 Å². The van der Waals surface area contributed by atoms with E-state index in [4.69, 9.17) is 9.47 Å². The van der Waals surface area contributed by atoms with Gasteiger partial charge in [-0.3, -0.25) is 0 Å². The Labute approximate surface area is 129 Å². The molecule has 3 nitrogen and oxygen atoms in total. The van der Waals surface area contributed by atoms with E-state index in [-0.39, 0.29) is 0 Å². The van der Waals surface area contributed by atoms with Crippen molar-refractivity contribution in [3.8, 4) is 0 Å². The molecule has 2 rings (SSSR count). The molecule has 1 aliphatic rings. The van der Waals surface area contributed by atoms with Gasteiger partial charge in [0.15, 0.2) is 0 Å². The lowest BCUT2D eigenvalue weighted by atomic mass is 9.71. The van der Waals surface area contributed by atoms with E-state index in [1.165, 1.54) is 24.0 Å². The average Bonchev–Trinajstić information content (AvgIpc) is 2.49. The van der Waals surface area contributed by atoms with E-state index in [9.17, 15) is 0 Å². The van der Waals surface area contributed by atoms with Gasteiger partial charge in [0.25, 0.3) is 0 Å². The Bertz CT molecular complexity index is 431. The van der Waals surface area contributed by atoms with Crippen molar-refractivity contribution in [1.29, 1.82) is 0 Å². The van der Waals surface area contributed by atoms with Gasteiger partial charge in [-0.05, 0) is 42.3 Å². The fourth-order valence-electron chi connectivity index (χ4n) is 3.12. The summed E-state index contributed by atoms with van der Waals surface area (Å²) in [6, 6.07) is 9.38. The fourth-order valence-corrected chi connectivity index (χ4v) is 3.12. The summed E-state index contributed by atoms with van der Waals surface area (Å²) < 4.78 is 10.5. The summed E-state index contributed by atoms with van der Waals surface area (Å²) in [5.41, 5.74) is 3.29. The molecule has 1 aliphatic carbocycles. The minimum Gasteiger partial charge on any atom is -0.382 e. The Balaban J connectivity index is 1.80. The third-order valence-corrected chi connectivity index (χ3v) is 4.41. The summed E-state index contributed by atoms with van der Waals surface area (Å²) in [6.45, 7) is 7.88. The van der Waals surface area contributed by atoms with Crippen LogP contribution in [-0.4, -0.2) is 33.5 Å². The quantitative estimate of drug-likeness (QED) is 0.744. The van der Waals surface area contributed by atoms with E-state index in [1.807, 2.05) is 0 Å². The van der Waals surface area contributed by atoms with Crippen molar-refractivity contribution in [2.75, 3.05) is 33.5 Å². The molecule has 0 bridgehead atoms. The number of benzene rings is 1. The zero-order valence-electron chi connectivity index (χ0n) is 13.7. The topological polar surface area (TPSA) is 30.5 Å². The van der Waals surface area contributed by atoms with Crippen LogP contribution in [0.25, 0.3) is 0 Å². The van der Waals surface area contributed by atoms with Gasteiger partial charge in [-0.2, -0.15) is 0 Å². The smallest absolute Gasteiger partial charge is 0.0700 e. The van der Waals surface area contributed by atoms with Crippen molar-refractivity contribution in [3.05, 3.63) is 35.4 Å². The van der Waals surface area contributed by atoms with E-state index in [0.717, 1.165) is 19.6 Å². The molecular weight excluding hydrogens is 262 g/mol. The summed E-state index contributed by atoms with van der Waals surface area (Å²) in [4.78, 5) is 0. The molecule has 118 valence electrons. The van der Waals surface area contributed by atoms with Crippen LogP contribution in [0.3, 0.4) is 0 Å². The van der Waals surface area contributed by atoms with E-state index in [2.05, 4.69) is 43.4 Å². The van der Waals surface area contributed by atoms with Crippen molar-refractivity contribution in [1.82, 2.24) is 5.32 Å². The predicted molar refractivity (Wildman–Crippen MR) is 86.8 cm³/mol. The Morgan fingerprint density at radius 2 is 2.00 bits per heavy atom. The first-order valence-electron chi connectivity index (χ1n) is 8.04. The number of fused-ring (bicyclic) bond motifs is 1. The molecule has 0 aromatic heterocycles. The summed E-state index contributed by atoms with van der Waals surface area (Å²) in [6.07, 6.45) is 3.51. The maximum Gasteiger partial charge on any atom is 0.0700 e. The molecule has 3 heteroatoms. The lowest BCUT2D eigenvalue weighted by molar-refractivity contribution is 0.0691. The van der Waals surface area contributed by atoms with Crippen LogP contribution in [0.4, 0.5) is 0 Å². The average molecular weight is 291 g/mol. The van der Waals surface area contributed by atoms with Crippen LogP contribution in [0.15, 0.2) is 24.3 Å². The molecule has 1 aromatic carbocycles. The summed E-state index contributed by atoms with van der Waals surface area (Å²) in [7, 11) is 1.70. The van der Waals surface area contributed by atoms with Gasteiger partial charge in [-0.15, -0.1) is 0 Å². The molecule has 0 radical (unpaired) electrons.